The number of rotatable bonds is 5. The van der Waals surface area contributed by atoms with Gasteiger partial charge in [0.25, 0.3) is 5.91 Å². The molecule has 1 heterocycles. The molecule has 0 unspecified atom stereocenters. The molecule has 25 heavy (non-hydrogen) atoms. The van der Waals surface area contributed by atoms with Crippen molar-refractivity contribution in [3.63, 3.8) is 0 Å². The summed E-state index contributed by atoms with van der Waals surface area (Å²) in [7, 11) is 0. The van der Waals surface area contributed by atoms with Crippen LogP contribution in [0.3, 0.4) is 0 Å². The summed E-state index contributed by atoms with van der Waals surface area (Å²) in [6.45, 7) is -0.167. The van der Waals surface area contributed by atoms with E-state index in [0.29, 0.717) is 6.42 Å². The van der Waals surface area contributed by atoms with Crippen molar-refractivity contribution in [3.8, 4) is 0 Å². The van der Waals surface area contributed by atoms with E-state index < -0.39 is 29.8 Å². The van der Waals surface area contributed by atoms with Crippen LogP contribution in [0.2, 0.25) is 0 Å². The third-order valence-electron chi connectivity index (χ3n) is 5.01. The second kappa shape index (κ2) is 7.47. The van der Waals surface area contributed by atoms with Gasteiger partial charge in [0.05, 0.1) is 6.54 Å². The molecular weight excluding hydrogens is 332 g/mol. The maximum Gasteiger partial charge on any atom is 0.332 e. The molecule has 1 saturated heterocycles. The first-order valence-electron chi connectivity index (χ1n) is 8.59. The Kier molecular flexibility index (Phi) is 5.32. The lowest BCUT2D eigenvalue weighted by Crippen LogP contribution is -2.44. The minimum absolute atomic E-state index is 0.0982. The summed E-state index contributed by atoms with van der Waals surface area (Å²) >= 11 is 0. The molecule has 1 aromatic carbocycles. The number of hydrogen-bond donors (Lipinski definition) is 1. The zero-order valence-electron chi connectivity index (χ0n) is 13.8. The monoisotopic (exact) mass is 353 g/mol. The first-order valence-corrected chi connectivity index (χ1v) is 8.59. The van der Waals surface area contributed by atoms with Crippen LogP contribution >= 0.6 is 0 Å². The van der Waals surface area contributed by atoms with Gasteiger partial charge in [0.2, 0.25) is 0 Å². The van der Waals surface area contributed by atoms with Crippen molar-refractivity contribution in [3.05, 3.63) is 35.4 Å². The number of hydrogen-bond acceptors (Lipinski definition) is 3. The molecule has 2 fully saturated rings. The fourth-order valence-corrected chi connectivity index (χ4v) is 3.64. The largest absolute Gasteiger partial charge is 0.479 e. The lowest BCUT2D eigenvalue weighted by atomic mass is 10.1. The van der Waals surface area contributed by atoms with Gasteiger partial charge in [0.1, 0.15) is 17.7 Å². The summed E-state index contributed by atoms with van der Waals surface area (Å²) < 4.78 is 33.4. The summed E-state index contributed by atoms with van der Waals surface area (Å²) in [4.78, 5) is 25.4. The highest BCUT2D eigenvalue weighted by atomic mass is 19.1. The Balaban J connectivity index is 1.80. The van der Waals surface area contributed by atoms with Crippen LogP contribution in [0.5, 0.6) is 0 Å². The Morgan fingerprint density at radius 3 is 2.24 bits per heavy atom. The minimum Gasteiger partial charge on any atom is -0.479 e. The van der Waals surface area contributed by atoms with E-state index in [2.05, 4.69) is 0 Å². The van der Waals surface area contributed by atoms with Crippen molar-refractivity contribution in [1.82, 2.24) is 4.90 Å². The Morgan fingerprint density at radius 1 is 1.08 bits per heavy atom. The van der Waals surface area contributed by atoms with Gasteiger partial charge in [-0.1, -0.05) is 18.9 Å². The Hall–Kier alpha value is -2.02. The Morgan fingerprint density at radius 2 is 1.68 bits per heavy atom. The number of carbonyl (C=O) groups is 2. The molecule has 5 nitrogen and oxygen atoms in total. The van der Waals surface area contributed by atoms with E-state index in [4.69, 9.17) is 9.84 Å². The van der Waals surface area contributed by atoms with Gasteiger partial charge < -0.3 is 14.7 Å². The van der Waals surface area contributed by atoms with Gasteiger partial charge in [0, 0.05) is 11.6 Å². The number of nitrogens with zero attached hydrogens (tertiary/aromatic N) is 1. The number of amides is 1. The van der Waals surface area contributed by atoms with E-state index in [1.807, 2.05) is 0 Å². The zero-order chi connectivity index (χ0) is 18.0. The highest BCUT2D eigenvalue weighted by Gasteiger charge is 2.39. The third-order valence-corrected chi connectivity index (χ3v) is 5.01. The highest BCUT2D eigenvalue weighted by molar-refractivity contribution is 5.83. The average Bonchev–Trinajstić information content (AvgIpc) is 3.26. The van der Waals surface area contributed by atoms with E-state index in [1.54, 1.807) is 0 Å². The molecule has 0 radical (unpaired) electrons. The van der Waals surface area contributed by atoms with Crippen LogP contribution in [-0.4, -0.2) is 40.1 Å². The van der Waals surface area contributed by atoms with Crippen molar-refractivity contribution in [1.29, 1.82) is 0 Å². The predicted octanol–water partition coefficient (Wildman–Crippen LogP) is 2.87. The third kappa shape index (κ3) is 3.81. The molecule has 1 amide bonds. The van der Waals surface area contributed by atoms with Gasteiger partial charge in [-0.25, -0.2) is 13.6 Å². The quantitative estimate of drug-likeness (QED) is 0.884. The van der Waals surface area contributed by atoms with Crippen LogP contribution in [0, 0.1) is 11.6 Å². The number of carbonyl (C=O) groups excluding carboxylic acids is 1. The van der Waals surface area contributed by atoms with Gasteiger partial charge >= 0.3 is 5.97 Å². The molecule has 2 atom stereocenters. The second-order valence-electron chi connectivity index (χ2n) is 6.63. The average molecular weight is 353 g/mol. The van der Waals surface area contributed by atoms with E-state index in [-0.39, 0.29) is 30.5 Å². The zero-order valence-corrected chi connectivity index (χ0v) is 13.8. The Labute approximate surface area is 144 Å². The summed E-state index contributed by atoms with van der Waals surface area (Å²) in [5, 5.41) is 9.02. The van der Waals surface area contributed by atoms with Crippen molar-refractivity contribution in [2.45, 2.75) is 63.3 Å². The fourth-order valence-electron chi connectivity index (χ4n) is 3.64. The molecule has 7 heteroatoms. The maximum absolute atomic E-state index is 14.0. The van der Waals surface area contributed by atoms with Crippen molar-refractivity contribution in [2.24, 2.45) is 0 Å². The first-order chi connectivity index (χ1) is 12.0. The molecule has 0 bridgehead atoms. The fraction of sp³-hybridized carbons (Fsp3) is 0.556. The molecule has 1 aromatic rings. The highest BCUT2D eigenvalue weighted by Crippen LogP contribution is 2.30. The van der Waals surface area contributed by atoms with Crippen molar-refractivity contribution < 1.29 is 28.2 Å². The topological polar surface area (TPSA) is 66.8 Å². The molecule has 1 aliphatic carbocycles. The smallest absolute Gasteiger partial charge is 0.332 e. The number of carboxylic acids is 1. The lowest BCUT2D eigenvalue weighted by molar-refractivity contribution is -0.156. The van der Waals surface area contributed by atoms with Gasteiger partial charge in [-0.2, -0.15) is 0 Å². The number of aliphatic carboxylic acids is 1. The van der Waals surface area contributed by atoms with E-state index in [0.717, 1.165) is 25.7 Å². The molecule has 136 valence electrons. The SMILES string of the molecule is O=C(O)[C@H]1CC[C@@H](C(=O)N(Cc2c(F)cccc2F)C2CCCC2)O1. The van der Waals surface area contributed by atoms with Gasteiger partial charge in [0.15, 0.2) is 6.10 Å². The molecule has 2 aliphatic rings. The van der Waals surface area contributed by atoms with Crippen LogP contribution in [-0.2, 0) is 20.9 Å². The van der Waals surface area contributed by atoms with Crippen molar-refractivity contribution in [2.75, 3.05) is 0 Å². The molecule has 1 N–H and O–H groups in total. The first kappa shape index (κ1) is 17.8. The molecule has 0 spiro atoms. The number of halogens is 2. The van der Waals surface area contributed by atoms with Gasteiger partial charge in [-0.15, -0.1) is 0 Å². The standard InChI is InChI=1S/C18H21F2NO4/c19-13-6-3-7-14(20)12(13)10-21(11-4-1-2-5-11)17(22)15-8-9-16(25-15)18(23)24/h3,6-7,11,15-16H,1-2,4-5,8-10H2,(H,23,24)/t15-,16+/m0/s1. The van der Waals surface area contributed by atoms with Crippen LogP contribution < -0.4 is 0 Å². The van der Waals surface area contributed by atoms with Crippen molar-refractivity contribution >= 4 is 11.9 Å². The second-order valence-corrected chi connectivity index (χ2v) is 6.63. The molecule has 1 saturated carbocycles. The van der Waals surface area contributed by atoms with Crippen LogP contribution in [0.1, 0.15) is 44.1 Å². The van der Waals surface area contributed by atoms with E-state index >= 15 is 0 Å². The number of carboxylic acid groups (broad SMARTS) is 1. The summed E-state index contributed by atoms with van der Waals surface area (Å²) in [6.07, 6.45) is 2.17. The van der Waals surface area contributed by atoms with E-state index in [9.17, 15) is 18.4 Å². The predicted molar refractivity (Wildman–Crippen MR) is 84.7 cm³/mol. The van der Waals surface area contributed by atoms with Gasteiger partial charge in [-0.3, -0.25) is 4.79 Å². The van der Waals surface area contributed by atoms with Crippen LogP contribution in [0.15, 0.2) is 18.2 Å². The molecule has 1 aliphatic heterocycles. The maximum atomic E-state index is 14.0. The van der Waals surface area contributed by atoms with Gasteiger partial charge in [-0.05, 0) is 37.8 Å². The summed E-state index contributed by atoms with van der Waals surface area (Å²) in [5.74, 6) is -2.85. The van der Waals surface area contributed by atoms with Crippen LogP contribution in [0.25, 0.3) is 0 Å². The molecular formula is C18H21F2NO4. The molecule has 3 rings (SSSR count). The lowest BCUT2D eigenvalue weighted by Gasteiger charge is -2.31. The summed E-state index contributed by atoms with van der Waals surface area (Å²) in [5.41, 5.74) is -0.143. The number of benzene rings is 1. The van der Waals surface area contributed by atoms with Crippen LogP contribution in [0.4, 0.5) is 8.78 Å². The number of ether oxygens (including phenoxy) is 1. The van der Waals surface area contributed by atoms with E-state index in [1.165, 1.54) is 23.1 Å². The normalized spacial score (nSPS) is 23.8. The minimum atomic E-state index is -1.09. The Bertz CT molecular complexity index is 640. The molecule has 0 aromatic heterocycles. The summed E-state index contributed by atoms with van der Waals surface area (Å²) in [6, 6.07) is 3.52.